The van der Waals surface area contributed by atoms with Gasteiger partial charge in [-0.15, -0.1) is 10.1 Å². The third kappa shape index (κ3) is 10.3. The highest BCUT2D eigenvalue weighted by atomic mass is 32.2. The van der Waals surface area contributed by atoms with Crippen LogP contribution in [0.5, 0.6) is 0 Å². The normalized spacial score (nSPS) is 11.6. The lowest BCUT2D eigenvalue weighted by Gasteiger charge is -2.26. The van der Waals surface area contributed by atoms with Gasteiger partial charge >= 0.3 is 6.16 Å². The summed E-state index contributed by atoms with van der Waals surface area (Å²) in [6.45, 7) is 8.38. The molecule has 0 radical (unpaired) electrons. The zero-order chi connectivity index (χ0) is 38.1. The van der Waals surface area contributed by atoms with Crippen molar-refractivity contribution in [2.45, 2.75) is 71.7 Å². The van der Waals surface area contributed by atoms with E-state index in [1.807, 2.05) is 26.8 Å². The van der Waals surface area contributed by atoms with Crippen molar-refractivity contribution in [2.75, 3.05) is 31.3 Å². The number of anilines is 1. The Kier molecular flexibility index (Phi) is 13.0. The van der Waals surface area contributed by atoms with Gasteiger partial charge in [0.25, 0.3) is 15.1 Å². The molecule has 0 aliphatic carbocycles. The monoisotopic (exact) mass is 741 g/mol. The van der Waals surface area contributed by atoms with Crippen molar-refractivity contribution in [2.24, 2.45) is 5.41 Å². The Morgan fingerprint density at radius 2 is 1.73 bits per heavy atom. The van der Waals surface area contributed by atoms with Crippen molar-refractivity contribution in [3.8, 4) is 22.6 Å². The molecule has 0 fully saturated rings. The van der Waals surface area contributed by atoms with Crippen LogP contribution in [0.4, 0.5) is 10.6 Å². The maximum absolute atomic E-state index is 14.6. The first kappa shape index (κ1) is 39.3. The molecule has 0 N–H and O–H groups in total. The predicted molar refractivity (Wildman–Crippen MR) is 188 cm³/mol. The number of nitrogens with zero attached hydrogens (tertiary/aromatic N) is 5. The predicted octanol–water partition coefficient (Wildman–Crippen LogP) is 6.69. The van der Waals surface area contributed by atoms with Crippen molar-refractivity contribution in [3.05, 3.63) is 81.9 Å². The van der Waals surface area contributed by atoms with E-state index >= 15 is 0 Å². The number of carbonyl (C=O) groups excluding carboxylic acids is 2. The summed E-state index contributed by atoms with van der Waals surface area (Å²) < 4.78 is 51.3. The minimum Gasteiger partial charge on any atom is -0.445 e. The van der Waals surface area contributed by atoms with Crippen molar-refractivity contribution in [1.82, 2.24) is 15.0 Å². The number of aryl methyl sites for hydroxylation is 1. The average Bonchev–Trinajstić information content (AvgIpc) is 3.74. The smallest absolute Gasteiger partial charge is 0.445 e. The molecule has 0 saturated carbocycles. The van der Waals surface area contributed by atoms with Crippen LogP contribution in [0.25, 0.3) is 22.6 Å². The number of unbranched alkanes of at least 4 members (excludes halogenated alkanes) is 2. The molecule has 2 heterocycles. The van der Waals surface area contributed by atoms with Crippen LogP contribution in [0, 0.1) is 29.4 Å². The van der Waals surface area contributed by atoms with Crippen LogP contribution in [0.1, 0.15) is 63.3 Å². The molecule has 2 aromatic heterocycles. The molecule has 52 heavy (non-hydrogen) atoms. The zero-order valence-corrected chi connectivity index (χ0v) is 30.8. The molecule has 0 spiro atoms. The second-order valence-electron chi connectivity index (χ2n) is 13.2. The lowest BCUT2D eigenvalue weighted by Crippen LogP contribution is -2.35. The first-order valence-corrected chi connectivity index (χ1v) is 17.9. The fourth-order valence-corrected chi connectivity index (χ4v) is 6.70. The lowest BCUT2D eigenvalue weighted by molar-refractivity contribution is -0.757. The van der Waals surface area contributed by atoms with Crippen molar-refractivity contribution < 1.29 is 46.3 Å². The molecule has 0 aliphatic rings. The van der Waals surface area contributed by atoms with Gasteiger partial charge in [0.05, 0.1) is 24.3 Å². The van der Waals surface area contributed by atoms with E-state index in [1.165, 1.54) is 18.5 Å². The van der Waals surface area contributed by atoms with E-state index in [4.69, 9.17) is 18.4 Å². The molecule has 16 nitrogen and oxygen atoms in total. The standard InChI is InChI=1S/C35H43N5O11S/c1-24-25(2)51-37-32(24)39(23-49-34(42)48-17-10-7-11-18-50-40(43)44)52(45,46)30-13-9-8-12-29(30)28-15-14-26(33-36-16-19-47-33)20-27(28)22-38(6)31(41)21-35(3,4)5/h8-9,12-16,19-20H,7,10-11,17-18,21-23H2,1-6H3. The number of sulfonamides is 1. The van der Waals surface area contributed by atoms with Crippen LogP contribution in [0.3, 0.4) is 0 Å². The van der Waals surface area contributed by atoms with Crippen molar-refractivity contribution in [1.29, 1.82) is 0 Å². The average molecular weight is 742 g/mol. The molecule has 1 amide bonds. The second-order valence-corrected chi connectivity index (χ2v) is 15.1. The molecule has 0 aliphatic heterocycles. The van der Waals surface area contributed by atoms with Gasteiger partial charge in [-0.2, -0.15) is 0 Å². The molecular formula is C35H43N5O11S. The number of hydrogen-bond acceptors (Lipinski definition) is 13. The fraction of sp³-hybridized carbons (Fsp3) is 0.429. The molecule has 280 valence electrons. The molecule has 0 bridgehead atoms. The third-order valence-electron chi connectivity index (χ3n) is 7.92. The maximum Gasteiger partial charge on any atom is 0.510 e. The van der Waals surface area contributed by atoms with Crippen LogP contribution in [0.15, 0.2) is 68.8 Å². The van der Waals surface area contributed by atoms with Crippen LogP contribution >= 0.6 is 0 Å². The van der Waals surface area contributed by atoms with Crippen molar-refractivity contribution >= 4 is 27.9 Å². The Balaban J connectivity index is 1.66. The second kappa shape index (κ2) is 17.2. The van der Waals surface area contributed by atoms with E-state index in [9.17, 15) is 28.1 Å². The van der Waals surface area contributed by atoms with Crippen molar-refractivity contribution in [3.63, 3.8) is 0 Å². The topological polar surface area (TPSA) is 198 Å². The Labute approximate surface area is 301 Å². The third-order valence-corrected chi connectivity index (χ3v) is 9.69. The van der Waals surface area contributed by atoms with Crippen LogP contribution in [0.2, 0.25) is 0 Å². The van der Waals surface area contributed by atoms with Gasteiger partial charge in [0.1, 0.15) is 12.0 Å². The summed E-state index contributed by atoms with van der Waals surface area (Å²) in [4.78, 5) is 46.0. The van der Waals surface area contributed by atoms with E-state index in [0.29, 0.717) is 65.2 Å². The number of carbonyl (C=O) groups is 2. The summed E-state index contributed by atoms with van der Waals surface area (Å²) in [6.07, 6.45) is 3.38. The van der Waals surface area contributed by atoms with Gasteiger partial charge in [-0.05, 0) is 67.9 Å². The Morgan fingerprint density at radius 3 is 2.38 bits per heavy atom. The highest BCUT2D eigenvalue weighted by Crippen LogP contribution is 2.37. The Morgan fingerprint density at radius 1 is 1.00 bits per heavy atom. The molecule has 17 heteroatoms. The van der Waals surface area contributed by atoms with Crippen LogP contribution in [-0.2, 0) is 35.7 Å². The maximum atomic E-state index is 14.6. The van der Waals surface area contributed by atoms with Gasteiger partial charge in [0.15, 0.2) is 12.5 Å². The Hall–Kier alpha value is -5.45. The Bertz CT molecular complexity index is 1950. The summed E-state index contributed by atoms with van der Waals surface area (Å²) >= 11 is 0. The van der Waals surface area contributed by atoms with E-state index in [2.05, 4.69) is 15.0 Å². The van der Waals surface area contributed by atoms with Crippen LogP contribution in [-0.4, -0.2) is 67.6 Å². The lowest BCUT2D eigenvalue weighted by atomic mass is 9.91. The minimum atomic E-state index is -4.52. The zero-order valence-electron chi connectivity index (χ0n) is 30.0. The van der Waals surface area contributed by atoms with Crippen LogP contribution < -0.4 is 4.31 Å². The largest absolute Gasteiger partial charge is 0.510 e. The number of hydrogen-bond donors (Lipinski definition) is 0. The van der Waals surface area contributed by atoms with Gasteiger partial charge < -0.3 is 28.2 Å². The minimum absolute atomic E-state index is 0.0615. The number of ether oxygens (including phenoxy) is 2. The van der Waals surface area contributed by atoms with Gasteiger partial charge in [-0.3, -0.25) is 4.79 Å². The van der Waals surface area contributed by atoms with E-state index in [0.717, 1.165) is 4.31 Å². The summed E-state index contributed by atoms with van der Waals surface area (Å²) in [5.74, 6) is 0.544. The van der Waals surface area contributed by atoms with E-state index in [-0.39, 0.29) is 41.8 Å². The summed E-state index contributed by atoms with van der Waals surface area (Å²) in [5.41, 5.74) is 2.27. The quantitative estimate of drug-likeness (QED) is 0.0365. The molecular weight excluding hydrogens is 698 g/mol. The summed E-state index contributed by atoms with van der Waals surface area (Å²) in [6, 6.07) is 11.7. The fourth-order valence-electron chi connectivity index (χ4n) is 5.16. The first-order valence-electron chi connectivity index (χ1n) is 16.5. The number of benzene rings is 2. The van der Waals surface area contributed by atoms with Gasteiger partial charge in [-0.1, -0.05) is 50.2 Å². The van der Waals surface area contributed by atoms with E-state index < -0.39 is 28.0 Å². The molecule has 4 aromatic rings. The summed E-state index contributed by atoms with van der Waals surface area (Å²) in [7, 11) is -2.83. The first-order chi connectivity index (χ1) is 24.6. The number of rotatable bonds is 17. The van der Waals surface area contributed by atoms with Gasteiger partial charge in [0.2, 0.25) is 11.8 Å². The number of aromatic nitrogens is 2. The molecule has 2 aromatic carbocycles. The van der Waals surface area contributed by atoms with Gasteiger partial charge in [-0.25, -0.2) is 22.5 Å². The number of amides is 1. The van der Waals surface area contributed by atoms with E-state index in [1.54, 1.807) is 56.1 Å². The van der Waals surface area contributed by atoms with Gasteiger partial charge in [0, 0.05) is 36.7 Å². The number of oxazole rings is 1. The highest BCUT2D eigenvalue weighted by Gasteiger charge is 2.33. The molecule has 0 atom stereocenters. The summed E-state index contributed by atoms with van der Waals surface area (Å²) in [5, 5.41) is 13.4. The molecule has 4 rings (SSSR count). The highest BCUT2D eigenvalue weighted by molar-refractivity contribution is 7.93. The SMILES string of the molecule is Cc1onc(N(COC(=O)OCCCCCO[N+](=O)[O-])S(=O)(=O)c2ccccc2-c2ccc(-c3ncco3)cc2CN(C)C(=O)CC(C)(C)C)c1C. The molecule has 0 saturated heterocycles. The molecule has 0 unspecified atom stereocenters.